The zero-order valence-electron chi connectivity index (χ0n) is 18.5. The van der Waals surface area contributed by atoms with Gasteiger partial charge in [0, 0.05) is 39.7 Å². The Hall–Kier alpha value is -2.06. The van der Waals surface area contributed by atoms with Gasteiger partial charge in [0.15, 0.2) is 11.6 Å². The summed E-state index contributed by atoms with van der Waals surface area (Å²) in [6, 6.07) is 0. The number of aliphatic imine (C=N–C) groups is 1. The van der Waals surface area contributed by atoms with Gasteiger partial charge in [-0.2, -0.15) is 5.10 Å². The number of ether oxygens (including phenoxy) is 1. The Morgan fingerprint density at radius 3 is 2.94 bits per heavy atom. The molecule has 0 aliphatic rings. The van der Waals surface area contributed by atoms with Crippen molar-refractivity contribution in [1.82, 2.24) is 34.9 Å². The summed E-state index contributed by atoms with van der Waals surface area (Å²) in [4.78, 5) is 20.0. The van der Waals surface area contributed by atoms with E-state index in [0.29, 0.717) is 19.6 Å². The van der Waals surface area contributed by atoms with E-state index in [1.54, 1.807) is 35.7 Å². The molecule has 0 spiro atoms. The van der Waals surface area contributed by atoms with Gasteiger partial charge >= 0.3 is 0 Å². The summed E-state index contributed by atoms with van der Waals surface area (Å²) in [6.07, 6.45) is 3.32. The number of fused-ring (bicyclic) bond motifs is 1. The molecule has 0 fully saturated rings. The first-order chi connectivity index (χ1) is 14.5. The third-order valence-corrected chi connectivity index (χ3v) is 5.62. The number of nitrogens with one attached hydrogen (secondary N) is 2. The average molecular weight is 559 g/mol. The molecule has 31 heavy (non-hydrogen) atoms. The van der Waals surface area contributed by atoms with Crippen LogP contribution in [0.1, 0.15) is 30.7 Å². The van der Waals surface area contributed by atoms with Crippen molar-refractivity contribution in [2.45, 2.75) is 26.5 Å². The number of aromatic nitrogens is 5. The molecular formula is C19H30IN9OS. The standard InChI is InChI=1S/C19H29N9OS.HI/c1-6-20-19(27(3)10-14-11-30-18(26-14)13(2)29-5)22-8-7-21-16-15-9-25-28(4)17(15)24-12-23-16;/h9,11-13H,6-8,10H2,1-5H3,(H,20,22)(H,21,23,24);1H. The maximum atomic E-state index is 5.35. The van der Waals surface area contributed by atoms with E-state index < -0.39 is 0 Å². The topological polar surface area (TPSA) is 105 Å². The van der Waals surface area contributed by atoms with Crippen molar-refractivity contribution in [3.63, 3.8) is 0 Å². The third-order valence-electron chi connectivity index (χ3n) is 4.56. The Bertz CT molecular complexity index is 990. The number of guanidine groups is 1. The van der Waals surface area contributed by atoms with E-state index in [9.17, 15) is 0 Å². The van der Waals surface area contributed by atoms with E-state index in [4.69, 9.17) is 9.73 Å². The molecule has 0 radical (unpaired) electrons. The molecule has 0 aromatic carbocycles. The fraction of sp³-hybridized carbons (Fsp3) is 0.526. The molecule has 0 saturated carbocycles. The molecule has 3 rings (SSSR count). The smallest absolute Gasteiger partial charge is 0.194 e. The van der Waals surface area contributed by atoms with Gasteiger partial charge in [-0.05, 0) is 13.8 Å². The molecule has 0 saturated heterocycles. The molecule has 0 aliphatic heterocycles. The molecule has 10 nitrogen and oxygen atoms in total. The lowest BCUT2D eigenvalue weighted by molar-refractivity contribution is 0.119. The molecule has 0 aliphatic carbocycles. The maximum absolute atomic E-state index is 5.35. The highest BCUT2D eigenvalue weighted by Gasteiger charge is 2.13. The molecular weight excluding hydrogens is 529 g/mol. The minimum atomic E-state index is 0. The summed E-state index contributed by atoms with van der Waals surface area (Å²) in [7, 11) is 5.57. The maximum Gasteiger partial charge on any atom is 0.194 e. The lowest BCUT2D eigenvalue weighted by Gasteiger charge is -2.21. The summed E-state index contributed by atoms with van der Waals surface area (Å²) in [5.74, 6) is 1.60. The van der Waals surface area contributed by atoms with Crippen LogP contribution in [0.3, 0.4) is 0 Å². The lowest BCUT2D eigenvalue weighted by atomic mass is 10.4. The molecule has 170 valence electrons. The zero-order chi connectivity index (χ0) is 21.5. The van der Waals surface area contributed by atoms with Crippen molar-refractivity contribution >= 4 is 58.1 Å². The largest absolute Gasteiger partial charge is 0.375 e. The summed E-state index contributed by atoms with van der Waals surface area (Å²) < 4.78 is 7.08. The zero-order valence-corrected chi connectivity index (χ0v) is 21.6. The van der Waals surface area contributed by atoms with E-state index in [1.165, 1.54) is 0 Å². The fourth-order valence-corrected chi connectivity index (χ4v) is 3.75. The summed E-state index contributed by atoms with van der Waals surface area (Å²) >= 11 is 1.62. The molecule has 3 aromatic rings. The second-order valence-corrected chi connectivity index (χ2v) is 7.69. The van der Waals surface area contributed by atoms with Crippen LogP contribution in [-0.4, -0.2) is 69.4 Å². The SMILES string of the molecule is CCNC(=NCCNc1ncnc2c1cnn2C)N(C)Cc1csc(C(C)OC)n1.I. The average Bonchev–Trinajstić information content (AvgIpc) is 3.37. The highest BCUT2D eigenvalue weighted by Crippen LogP contribution is 2.21. The van der Waals surface area contributed by atoms with E-state index in [1.807, 2.05) is 21.0 Å². The van der Waals surface area contributed by atoms with Crippen molar-refractivity contribution in [2.75, 3.05) is 39.1 Å². The van der Waals surface area contributed by atoms with Crippen molar-refractivity contribution < 1.29 is 4.74 Å². The molecule has 2 N–H and O–H groups in total. The van der Waals surface area contributed by atoms with Crippen LogP contribution >= 0.6 is 35.3 Å². The molecule has 3 aromatic heterocycles. The normalized spacial score (nSPS) is 12.5. The van der Waals surface area contributed by atoms with Gasteiger partial charge in [-0.1, -0.05) is 0 Å². The number of hydrogen-bond acceptors (Lipinski definition) is 8. The van der Waals surface area contributed by atoms with Crippen LogP contribution in [-0.2, 0) is 18.3 Å². The van der Waals surface area contributed by atoms with Gasteiger partial charge in [0.2, 0.25) is 0 Å². The Balaban J connectivity index is 0.00000341. The summed E-state index contributed by atoms with van der Waals surface area (Å²) in [5.41, 5.74) is 1.81. The van der Waals surface area contributed by atoms with Crippen LogP contribution < -0.4 is 10.6 Å². The Morgan fingerprint density at radius 2 is 2.19 bits per heavy atom. The van der Waals surface area contributed by atoms with Crippen LogP contribution in [0.25, 0.3) is 11.0 Å². The first-order valence-electron chi connectivity index (χ1n) is 9.86. The van der Waals surface area contributed by atoms with Crippen LogP contribution in [0.4, 0.5) is 5.82 Å². The fourth-order valence-electron chi connectivity index (χ4n) is 2.91. The highest BCUT2D eigenvalue weighted by atomic mass is 127. The molecule has 3 heterocycles. The lowest BCUT2D eigenvalue weighted by Crippen LogP contribution is -2.38. The number of rotatable bonds is 9. The van der Waals surface area contributed by atoms with Crippen molar-refractivity contribution in [2.24, 2.45) is 12.0 Å². The number of hydrogen-bond donors (Lipinski definition) is 2. The minimum Gasteiger partial charge on any atom is -0.375 e. The Morgan fingerprint density at radius 1 is 1.39 bits per heavy atom. The number of anilines is 1. The Labute approximate surface area is 203 Å². The van der Waals surface area contributed by atoms with Crippen molar-refractivity contribution in [3.05, 3.63) is 28.6 Å². The molecule has 0 bridgehead atoms. The van der Waals surface area contributed by atoms with Gasteiger partial charge in [-0.25, -0.2) is 15.0 Å². The molecule has 12 heteroatoms. The van der Waals surface area contributed by atoms with E-state index in [-0.39, 0.29) is 30.1 Å². The number of aryl methyl sites for hydroxylation is 1. The first-order valence-corrected chi connectivity index (χ1v) is 10.7. The van der Waals surface area contributed by atoms with E-state index in [0.717, 1.165) is 40.1 Å². The van der Waals surface area contributed by atoms with Crippen LogP contribution in [0.5, 0.6) is 0 Å². The van der Waals surface area contributed by atoms with Crippen LogP contribution in [0, 0.1) is 0 Å². The van der Waals surface area contributed by atoms with Crippen LogP contribution in [0.2, 0.25) is 0 Å². The number of methoxy groups -OCH3 is 1. The van der Waals surface area contributed by atoms with Gasteiger partial charge in [0.1, 0.15) is 23.3 Å². The first kappa shape index (κ1) is 25.2. The number of halogens is 1. The quantitative estimate of drug-likeness (QED) is 0.179. The molecule has 1 unspecified atom stereocenters. The van der Waals surface area contributed by atoms with Crippen molar-refractivity contribution in [3.8, 4) is 0 Å². The van der Waals surface area contributed by atoms with Gasteiger partial charge in [-0.3, -0.25) is 9.67 Å². The van der Waals surface area contributed by atoms with E-state index >= 15 is 0 Å². The van der Waals surface area contributed by atoms with Gasteiger partial charge in [0.25, 0.3) is 0 Å². The predicted molar refractivity (Wildman–Crippen MR) is 135 cm³/mol. The minimum absolute atomic E-state index is 0. The monoisotopic (exact) mass is 559 g/mol. The van der Waals surface area contributed by atoms with Crippen LogP contribution in [0.15, 0.2) is 22.9 Å². The predicted octanol–water partition coefficient (Wildman–Crippen LogP) is 2.65. The second-order valence-electron chi connectivity index (χ2n) is 6.80. The number of thiazole rings is 1. The van der Waals surface area contributed by atoms with Gasteiger partial charge in [-0.15, -0.1) is 35.3 Å². The third kappa shape index (κ3) is 6.46. The number of nitrogens with zero attached hydrogens (tertiary/aromatic N) is 7. The summed E-state index contributed by atoms with van der Waals surface area (Å²) in [6.45, 7) is 6.78. The van der Waals surface area contributed by atoms with Crippen molar-refractivity contribution in [1.29, 1.82) is 0 Å². The van der Waals surface area contributed by atoms with E-state index in [2.05, 4.69) is 47.9 Å². The molecule has 0 amide bonds. The summed E-state index contributed by atoms with van der Waals surface area (Å²) in [5, 5.41) is 14.9. The highest BCUT2D eigenvalue weighted by molar-refractivity contribution is 14.0. The molecule has 1 atom stereocenters. The second kappa shape index (κ2) is 12.1. The Kier molecular flexibility index (Phi) is 9.84. The van der Waals surface area contributed by atoms with Gasteiger partial charge in [0.05, 0.1) is 30.4 Å². The van der Waals surface area contributed by atoms with Gasteiger partial charge < -0.3 is 20.3 Å².